The molecule has 0 aliphatic carbocycles. The average molecular weight is 239 g/mol. The van der Waals surface area contributed by atoms with Crippen LogP contribution in [0.25, 0.3) is 0 Å². The van der Waals surface area contributed by atoms with Crippen LogP contribution in [0.1, 0.15) is 34.1 Å². The van der Waals surface area contributed by atoms with Crippen LogP contribution in [-0.2, 0) is 0 Å². The molecule has 0 aromatic heterocycles. The highest BCUT2D eigenvalue weighted by molar-refractivity contribution is 4.94. The molecule has 0 N–H and O–H groups in total. The molecule has 2 heterocycles. The van der Waals surface area contributed by atoms with Crippen molar-refractivity contribution in [3.05, 3.63) is 0 Å². The summed E-state index contributed by atoms with van der Waals surface area (Å²) >= 11 is 0. The van der Waals surface area contributed by atoms with E-state index in [1.54, 1.807) is 0 Å². The van der Waals surface area contributed by atoms with Crippen molar-refractivity contribution in [3.8, 4) is 0 Å². The molecule has 0 bridgehead atoms. The van der Waals surface area contributed by atoms with E-state index in [9.17, 15) is 0 Å². The summed E-state index contributed by atoms with van der Waals surface area (Å²) in [6, 6.07) is 1.51. The van der Waals surface area contributed by atoms with Gasteiger partial charge in [-0.05, 0) is 41.2 Å². The molecule has 1 atom stereocenters. The lowest BCUT2D eigenvalue weighted by atomic mass is 9.98. The highest BCUT2D eigenvalue weighted by Crippen LogP contribution is 2.25. The molecular weight excluding hydrogens is 210 g/mol. The quantitative estimate of drug-likeness (QED) is 0.723. The molecule has 0 aromatic carbocycles. The monoisotopic (exact) mass is 239 g/mol. The van der Waals surface area contributed by atoms with Crippen LogP contribution in [0.15, 0.2) is 0 Å². The molecular formula is C14H29N3. The number of likely N-dealkylation sites (tertiary alicyclic amines) is 1. The normalized spacial score (nSPS) is 32.5. The second-order valence-corrected chi connectivity index (χ2v) is 6.74. The van der Waals surface area contributed by atoms with Crippen molar-refractivity contribution in [2.45, 2.75) is 51.7 Å². The summed E-state index contributed by atoms with van der Waals surface area (Å²) in [6.45, 7) is 15.6. The lowest BCUT2D eigenvalue weighted by Gasteiger charge is -2.47. The SMILES string of the molecule is CC(C)N1CCC(N2CCN(C)C(C)(C)C2)C1. The number of rotatable bonds is 2. The van der Waals surface area contributed by atoms with Crippen molar-refractivity contribution in [3.63, 3.8) is 0 Å². The number of nitrogens with zero attached hydrogens (tertiary/aromatic N) is 3. The summed E-state index contributed by atoms with van der Waals surface area (Å²) in [7, 11) is 2.26. The van der Waals surface area contributed by atoms with E-state index in [-0.39, 0.29) is 0 Å². The van der Waals surface area contributed by atoms with Crippen LogP contribution in [0.2, 0.25) is 0 Å². The topological polar surface area (TPSA) is 9.72 Å². The fourth-order valence-corrected chi connectivity index (χ4v) is 3.12. The molecule has 0 spiro atoms. The zero-order valence-corrected chi connectivity index (χ0v) is 12.2. The number of hydrogen-bond acceptors (Lipinski definition) is 3. The third kappa shape index (κ3) is 2.83. The largest absolute Gasteiger partial charge is 0.299 e. The van der Waals surface area contributed by atoms with E-state index >= 15 is 0 Å². The van der Waals surface area contributed by atoms with Crippen LogP contribution < -0.4 is 0 Å². The number of likely N-dealkylation sites (N-methyl/N-ethyl adjacent to an activating group) is 1. The third-order valence-corrected chi connectivity index (χ3v) is 4.79. The van der Waals surface area contributed by atoms with Gasteiger partial charge in [0.1, 0.15) is 0 Å². The molecule has 0 amide bonds. The highest BCUT2D eigenvalue weighted by Gasteiger charge is 2.36. The lowest BCUT2D eigenvalue weighted by molar-refractivity contribution is 0.0181. The Morgan fingerprint density at radius 2 is 1.82 bits per heavy atom. The van der Waals surface area contributed by atoms with Crippen LogP contribution >= 0.6 is 0 Å². The minimum atomic E-state index is 0.337. The molecule has 1 unspecified atom stereocenters. The van der Waals surface area contributed by atoms with E-state index in [2.05, 4.69) is 49.4 Å². The first-order valence-corrected chi connectivity index (χ1v) is 7.09. The highest BCUT2D eigenvalue weighted by atomic mass is 15.3. The molecule has 100 valence electrons. The van der Waals surface area contributed by atoms with Gasteiger partial charge in [0.15, 0.2) is 0 Å². The maximum absolute atomic E-state index is 2.72. The minimum Gasteiger partial charge on any atom is -0.299 e. The Labute approximate surface area is 107 Å². The summed E-state index contributed by atoms with van der Waals surface area (Å²) in [5, 5.41) is 0. The fourth-order valence-electron chi connectivity index (χ4n) is 3.12. The molecule has 2 saturated heterocycles. The second-order valence-electron chi connectivity index (χ2n) is 6.74. The van der Waals surface area contributed by atoms with Crippen molar-refractivity contribution in [2.24, 2.45) is 0 Å². The van der Waals surface area contributed by atoms with Gasteiger partial charge in [-0.2, -0.15) is 0 Å². The van der Waals surface area contributed by atoms with Crippen molar-refractivity contribution in [2.75, 3.05) is 39.8 Å². The number of piperazine rings is 1. The van der Waals surface area contributed by atoms with Gasteiger partial charge >= 0.3 is 0 Å². The molecule has 2 rings (SSSR count). The molecule has 3 heteroatoms. The Bertz CT molecular complexity index is 262. The Morgan fingerprint density at radius 1 is 1.12 bits per heavy atom. The predicted octanol–water partition coefficient (Wildman–Crippen LogP) is 1.50. The van der Waals surface area contributed by atoms with Crippen LogP contribution in [0.5, 0.6) is 0 Å². The third-order valence-electron chi connectivity index (χ3n) is 4.79. The predicted molar refractivity (Wildman–Crippen MR) is 73.4 cm³/mol. The second kappa shape index (κ2) is 4.87. The van der Waals surface area contributed by atoms with E-state index in [4.69, 9.17) is 0 Å². The molecule has 2 fully saturated rings. The molecule has 2 aliphatic heterocycles. The van der Waals surface area contributed by atoms with Gasteiger partial charge in [-0.3, -0.25) is 14.7 Å². The molecule has 2 aliphatic rings. The van der Waals surface area contributed by atoms with Crippen LogP contribution in [0, 0.1) is 0 Å². The van der Waals surface area contributed by atoms with Crippen molar-refractivity contribution < 1.29 is 0 Å². The summed E-state index contributed by atoms with van der Waals surface area (Å²) in [5.41, 5.74) is 0.337. The van der Waals surface area contributed by atoms with Crippen molar-refractivity contribution in [1.82, 2.24) is 14.7 Å². The van der Waals surface area contributed by atoms with Crippen molar-refractivity contribution in [1.29, 1.82) is 0 Å². The first-order chi connectivity index (χ1) is 7.90. The van der Waals surface area contributed by atoms with Gasteiger partial charge in [0, 0.05) is 50.3 Å². The Kier molecular flexibility index (Phi) is 3.81. The van der Waals surface area contributed by atoms with Gasteiger partial charge in [-0.25, -0.2) is 0 Å². The Hall–Kier alpha value is -0.120. The zero-order valence-electron chi connectivity index (χ0n) is 12.2. The Balaban J connectivity index is 1.92. The first kappa shape index (κ1) is 13.3. The molecule has 0 aromatic rings. The van der Waals surface area contributed by atoms with Gasteiger partial charge in [0.2, 0.25) is 0 Å². The average Bonchev–Trinajstić information content (AvgIpc) is 2.71. The van der Waals surface area contributed by atoms with Gasteiger partial charge in [-0.1, -0.05) is 0 Å². The summed E-state index contributed by atoms with van der Waals surface area (Å²) in [5.74, 6) is 0. The summed E-state index contributed by atoms with van der Waals surface area (Å²) in [6.07, 6.45) is 1.36. The Morgan fingerprint density at radius 3 is 2.35 bits per heavy atom. The van der Waals surface area contributed by atoms with Crippen LogP contribution in [0.3, 0.4) is 0 Å². The van der Waals surface area contributed by atoms with E-state index in [0.29, 0.717) is 11.6 Å². The lowest BCUT2D eigenvalue weighted by Crippen LogP contribution is -2.60. The maximum atomic E-state index is 2.72. The number of hydrogen-bond donors (Lipinski definition) is 0. The first-order valence-electron chi connectivity index (χ1n) is 7.09. The minimum absolute atomic E-state index is 0.337. The van der Waals surface area contributed by atoms with E-state index in [1.807, 2.05) is 0 Å². The summed E-state index contributed by atoms with van der Waals surface area (Å²) < 4.78 is 0. The van der Waals surface area contributed by atoms with Crippen LogP contribution in [-0.4, -0.2) is 72.1 Å². The van der Waals surface area contributed by atoms with Gasteiger partial charge in [-0.15, -0.1) is 0 Å². The molecule has 3 nitrogen and oxygen atoms in total. The smallest absolute Gasteiger partial charge is 0.0277 e. The van der Waals surface area contributed by atoms with Crippen LogP contribution in [0.4, 0.5) is 0 Å². The fraction of sp³-hybridized carbons (Fsp3) is 1.00. The van der Waals surface area contributed by atoms with Crippen molar-refractivity contribution >= 4 is 0 Å². The molecule has 0 radical (unpaired) electrons. The van der Waals surface area contributed by atoms with E-state index in [1.165, 1.54) is 39.1 Å². The van der Waals surface area contributed by atoms with E-state index < -0.39 is 0 Å². The maximum Gasteiger partial charge on any atom is 0.0277 e. The van der Waals surface area contributed by atoms with Gasteiger partial charge in [0.25, 0.3) is 0 Å². The zero-order chi connectivity index (χ0) is 12.6. The summed E-state index contributed by atoms with van der Waals surface area (Å²) in [4.78, 5) is 7.84. The molecule has 0 saturated carbocycles. The van der Waals surface area contributed by atoms with Gasteiger partial charge < -0.3 is 0 Å². The van der Waals surface area contributed by atoms with E-state index in [0.717, 1.165) is 6.04 Å². The standard InChI is InChI=1S/C14H29N3/c1-12(2)16-7-6-13(10-16)17-9-8-15(5)14(3,4)11-17/h12-13H,6-11H2,1-5H3. The van der Waals surface area contributed by atoms with Gasteiger partial charge in [0.05, 0.1) is 0 Å². The molecule has 17 heavy (non-hydrogen) atoms.